The third-order valence-electron chi connectivity index (χ3n) is 26.4. The fourth-order valence-corrected chi connectivity index (χ4v) is 19.4. The van der Waals surface area contributed by atoms with Gasteiger partial charge in [0.1, 0.15) is 0 Å². The lowest BCUT2D eigenvalue weighted by molar-refractivity contribution is 1.18. The van der Waals surface area contributed by atoms with Crippen LogP contribution in [0.5, 0.6) is 0 Å². The first-order valence-corrected chi connectivity index (χ1v) is 47.1. The monoisotopic (exact) mass is 1780 g/mol. The van der Waals surface area contributed by atoms with E-state index >= 15 is 0 Å². The maximum absolute atomic E-state index is 5.36. The summed E-state index contributed by atoms with van der Waals surface area (Å²) in [7, 11) is 0. The van der Waals surface area contributed by atoms with Gasteiger partial charge in [0.15, 0.2) is 17.5 Å². The summed E-state index contributed by atoms with van der Waals surface area (Å²) < 4.78 is 0. The lowest BCUT2D eigenvalue weighted by Gasteiger charge is -2.14. The Morgan fingerprint density at radius 1 is 0.114 bits per heavy atom. The van der Waals surface area contributed by atoms with E-state index < -0.39 is 0 Å². The first kappa shape index (κ1) is 84.2. The van der Waals surface area contributed by atoms with Crippen molar-refractivity contribution in [3.63, 3.8) is 0 Å². The minimum Gasteiger partial charge on any atom is -0.264 e. The topological polar surface area (TPSA) is 116 Å². The number of nitrogens with zero attached hydrogens (tertiary/aromatic N) is 9. The normalized spacial score (nSPS) is 11.3. The highest BCUT2D eigenvalue weighted by molar-refractivity contribution is 6.26. The predicted molar refractivity (Wildman–Crippen MR) is 581 cm³/mol. The molecule has 6 heterocycles. The molecule has 20 aromatic carbocycles. The van der Waals surface area contributed by atoms with Crippen LogP contribution in [0.1, 0.15) is 0 Å². The third-order valence-corrected chi connectivity index (χ3v) is 26.4. The van der Waals surface area contributed by atoms with E-state index in [1.54, 1.807) is 18.6 Å². The zero-order valence-corrected chi connectivity index (χ0v) is 76.1. The lowest BCUT2D eigenvalue weighted by atomic mass is 9.92. The van der Waals surface area contributed by atoms with Gasteiger partial charge in [-0.05, 0) is 233 Å². The Hall–Kier alpha value is -18.8. The Labute approximate surface area is 810 Å². The quantitative estimate of drug-likeness (QED) is 0.0925. The van der Waals surface area contributed by atoms with E-state index in [-0.39, 0.29) is 0 Å². The predicted octanol–water partition coefficient (Wildman–Crippen LogP) is 33.8. The molecule has 0 unspecified atom stereocenters. The second-order valence-corrected chi connectivity index (χ2v) is 35.2. The lowest BCUT2D eigenvalue weighted by Crippen LogP contribution is -1.97. The van der Waals surface area contributed by atoms with Crippen molar-refractivity contribution in [2.75, 3.05) is 0 Å². The van der Waals surface area contributed by atoms with Gasteiger partial charge in [-0.1, -0.05) is 382 Å². The van der Waals surface area contributed by atoms with E-state index in [0.717, 1.165) is 145 Å². The molecule has 6 aromatic heterocycles. The molecule has 0 aliphatic heterocycles. The average molecular weight is 1790 g/mol. The maximum Gasteiger partial charge on any atom is 0.161 e. The number of pyridine rings is 3. The van der Waals surface area contributed by atoms with Crippen molar-refractivity contribution in [3.8, 4) is 168 Å². The van der Waals surface area contributed by atoms with Crippen LogP contribution in [0.15, 0.2) is 516 Å². The SMILES string of the molecule is c1ccc(-c2nc(-c3cccc(-c4cccnc4)c3)cc(-c3cccc(-c4ccc5ccccc5c4)c3)n2)cc1.c1cncc(-c2cccc(-c3cc(-c4cccc(-c5cc6ccccc6c6ccccc56)c4)nc(-c4ccc5c6ccccc6c6ccccc6c5c4)n3)c2)c1.c1cncc(-c2cccc(-c3cc(-c4cccc(-c5ccc6ccccc6c5)c4)nc(-c4cccc5ccccc45)n3)c2)c1. The van der Waals surface area contributed by atoms with Crippen molar-refractivity contribution < 1.29 is 0 Å². The van der Waals surface area contributed by atoms with Gasteiger partial charge < -0.3 is 0 Å². The molecule has 0 amide bonds. The summed E-state index contributed by atoms with van der Waals surface area (Å²) in [6, 6.07) is 169. The fraction of sp³-hybridized carbons (Fsp3) is 0. The molecular weight excluding hydrogens is 1700 g/mol. The van der Waals surface area contributed by atoms with Crippen LogP contribution in [-0.4, -0.2) is 44.9 Å². The zero-order chi connectivity index (χ0) is 93.0. The van der Waals surface area contributed by atoms with Crippen LogP contribution in [0.25, 0.3) is 255 Å². The van der Waals surface area contributed by atoms with E-state index in [9.17, 15) is 0 Å². The van der Waals surface area contributed by atoms with E-state index in [2.05, 4.69) is 458 Å². The first-order valence-electron chi connectivity index (χ1n) is 47.1. The van der Waals surface area contributed by atoms with Gasteiger partial charge in [-0.3, -0.25) is 15.0 Å². The second-order valence-electron chi connectivity index (χ2n) is 35.2. The Morgan fingerprint density at radius 3 is 0.836 bits per heavy atom. The average Bonchev–Trinajstić information content (AvgIpc) is 0.743. The molecule has 26 aromatic rings. The molecular formula is C131H85N9. The maximum atomic E-state index is 5.36. The third kappa shape index (κ3) is 17.2. The summed E-state index contributed by atoms with van der Waals surface area (Å²) in [5.41, 5.74) is 28.0. The van der Waals surface area contributed by atoms with Gasteiger partial charge in [-0.15, -0.1) is 0 Å². The van der Waals surface area contributed by atoms with Crippen molar-refractivity contribution in [2.45, 2.75) is 0 Å². The number of aromatic nitrogens is 9. The largest absolute Gasteiger partial charge is 0.264 e. The van der Waals surface area contributed by atoms with Crippen LogP contribution in [0.3, 0.4) is 0 Å². The van der Waals surface area contributed by atoms with E-state index in [4.69, 9.17) is 29.9 Å². The molecule has 0 aliphatic carbocycles. The molecule has 0 fully saturated rings. The van der Waals surface area contributed by atoms with Crippen LogP contribution >= 0.6 is 0 Å². The molecule has 0 atom stereocenters. The van der Waals surface area contributed by atoms with Crippen LogP contribution < -0.4 is 0 Å². The molecule has 0 N–H and O–H groups in total. The highest BCUT2D eigenvalue weighted by Crippen LogP contribution is 2.44. The highest BCUT2D eigenvalue weighted by atomic mass is 14.9. The second kappa shape index (κ2) is 37.6. The highest BCUT2D eigenvalue weighted by Gasteiger charge is 2.21. The summed E-state index contributed by atoms with van der Waals surface area (Å²) in [6.45, 7) is 0. The number of hydrogen-bond donors (Lipinski definition) is 0. The summed E-state index contributed by atoms with van der Waals surface area (Å²) in [5, 5.41) is 19.6. The molecule has 0 spiro atoms. The molecule has 0 bridgehead atoms. The summed E-state index contributed by atoms with van der Waals surface area (Å²) in [4.78, 5) is 44.1. The molecule has 26 rings (SSSR count). The molecule has 0 aliphatic rings. The van der Waals surface area contributed by atoms with Gasteiger partial charge in [-0.2, -0.15) is 0 Å². The minimum absolute atomic E-state index is 0.685. The van der Waals surface area contributed by atoms with E-state index in [0.29, 0.717) is 17.5 Å². The molecule has 140 heavy (non-hydrogen) atoms. The van der Waals surface area contributed by atoms with Crippen molar-refractivity contribution in [1.29, 1.82) is 0 Å². The number of fused-ring (bicyclic) bond motifs is 12. The molecule has 0 radical (unpaired) electrons. The van der Waals surface area contributed by atoms with Crippen LogP contribution in [0.4, 0.5) is 0 Å². The van der Waals surface area contributed by atoms with Crippen molar-refractivity contribution in [2.24, 2.45) is 0 Å². The summed E-state index contributed by atoms with van der Waals surface area (Å²) >= 11 is 0. The Balaban J connectivity index is 0.000000116. The molecule has 0 saturated carbocycles. The van der Waals surface area contributed by atoms with Crippen molar-refractivity contribution in [3.05, 3.63) is 516 Å². The van der Waals surface area contributed by atoms with Gasteiger partial charge in [0.25, 0.3) is 0 Å². The summed E-state index contributed by atoms with van der Waals surface area (Å²) in [5.74, 6) is 2.10. The Morgan fingerprint density at radius 2 is 0.400 bits per heavy atom. The van der Waals surface area contributed by atoms with E-state index in [1.807, 2.05) is 55.0 Å². The van der Waals surface area contributed by atoms with Crippen molar-refractivity contribution in [1.82, 2.24) is 44.9 Å². The van der Waals surface area contributed by atoms with Gasteiger partial charge >= 0.3 is 0 Å². The van der Waals surface area contributed by atoms with Crippen LogP contribution in [-0.2, 0) is 0 Å². The smallest absolute Gasteiger partial charge is 0.161 e. The van der Waals surface area contributed by atoms with Crippen LogP contribution in [0, 0.1) is 0 Å². The number of benzene rings is 20. The van der Waals surface area contributed by atoms with E-state index in [1.165, 1.54) is 92.1 Å². The van der Waals surface area contributed by atoms with Gasteiger partial charge in [0.2, 0.25) is 0 Å². The summed E-state index contributed by atoms with van der Waals surface area (Å²) in [6.07, 6.45) is 11.1. The number of rotatable bonds is 15. The van der Waals surface area contributed by atoms with Crippen LogP contribution in [0.2, 0.25) is 0 Å². The molecule has 9 nitrogen and oxygen atoms in total. The van der Waals surface area contributed by atoms with Gasteiger partial charge in [-0.25, -0.2) is 29.9 Å². The van der Waals surface area contributed by atoms with Crippen molar-refractivity contribution >= 4 is 86.2 Å². The standard InChI is InChI=1S/C53H33N3.C41H27N3.C37H25N3/c1-2-18-41-36(12-1)30-49(46-23-7-3-19-42(41)46)35-14-10-16-38(29-35)52-32-51(37-15-9-13-34(28-37)40-17-11-27-54-33-40)55-53(56-52)39-25-26-48-45-22-5-4-20-43(45)44-21-6-8-24-47(44)50(48)31-39;1-2-11-30-23-33(21-20-28(30)9-1)31-13-5-15-34(24-31)39-26-40(35-16-6-14-32(25-35)36-17-8-22-42-27-36)44-41(43-39)38-19-7-12-29-10-3-4-18-37(29)38;1-2-10-27(11-3-1)37-39-35(24-36(40-37)33-16-7-14-30(23-33)34-17-8-20-38-25-34)32-15-6-13-29(22-32)31-19-18-26-9-4-5-12-28(26)21-31/h1-33H;1-27H;1-25H. The van der Waals surface area contributed by atoms with Gasteiger partial charge in [0.05, 0.1) is 34.2 Å². The Bertz CT molecular complexity index is 9170. The molecule has 654 valence electrons. The minimum atomic E-state index is 0.685. The Kier molecular flexibility index (Phi) is 22.6. The molecule has 0 saturated heterocycles. The first-order chi connectivity index (χ1) is 69.3. The molecule has 9 heteroatoms. The zero-order valence-electron chi connectivity index (χ0n) is 76.1. The van der Waals surface area contributed by atoms with Gasteiger partial charge in [0, 0.05) is 104 Å². The number of hydrogen-bond acceptors (Lipinski definition) is 9. The fourth-order valence-electron chi connectivity index (χ4n) is 19.4.